The molecule has 0 aliphatic carbocycles. The predicted molar refractivity (Wildman–Crippen MR) is 121 cm³/mol. The maximum Gasteiger partial charge on any atom is 0.282 e. The first-order valence-electron chi connectivity index (χ1n) is 9.93. The quantitative estimate of drug-likeness (QED) is 0.218. The fraction of sp³-hybridized carbons (Fsp3) is 0.0870. The van der Waals surface area contributed by atoms with Crippen LogP contribution < -0.4 is 20.3 Å². The maximum atomic E-state index is 12.8. The van der Waals surface area contributed by atoms with E-state index in [9.17, 15) is 19.7 Å². The zero-order chi connectivity index (χ0) is 22.9. The Morgan fingerprint density at radius 2 is 1.67 bits per heavy atom. The van der Waals surface area contributed by atoms with Gasteiger partial charge in [0.25, 0.3) is 11.6 Å². The first-order valence-corrected chi connectivity index (χ1v) is 9.93. The van der Waals surface area contributed by atoms with Gasteiger partial charge in [-0.3, -0.25) is 19.7 Å². The smallest absolute Gasteiger partial charge is 0.282 e. The SMILES string of the molecule is O=C(Cn1c2ccccc2c(=O)c2ccccc21)N/N=C/c1cc2c(cc1[N+](=O)[O-])OCO2. The summed E-state index contributed by atoms with van der Waals surface area (Å²) < 4.78 is 12.2. The number of nitro groups is 1. The number of hydrogen-bond donors (Lipinski definition) is 1. The van der Waals surface area contributed by atoms with Gasteiger partial charge in [0.15, 0.2) is 16.9 Å². The predicted octanol–water partition coefficient (Wildman–Crippen LogP) is 2.94. The van der Waals surface area contributed by atoms with Gasteiger partial charge in [0, 0.05) is 10.8 Å². The van der Waals surface area contributed by atoms with Gasteiger partial charge in [-0.25, -0.2) is 5.43 Å². The number of hydrogen-bond acceptors (Lipinski definition) is 7. The summed E-state index contributed by atoms with van der Waals surface area (Å²) in [4.78, 5) is 36.3. The fourth-order valence-corrected chi connectivity index (χ4v) is 3.81. The molecule has 1 aliphatic heterocycles. The average Bonchev–Trinajstić information content (AvgIpc) is 3.29. The Labute approximate surface area is 185 Å². The normalized spacial score (nSPS) is 12.5. The highest BCUT2D eigenvalue weighted by molar-refractivity contribution is 5.95. The van der Waals surface area contributed by atoms with Crippen LogP contribution in [0.1, 0.15) is 5.56 Å². The van der Waals surface area contributed by atoms with Crippen molar-refractivity contribution in [1.29, 1.82) is 0 Å². The number of carbonyl (C=O) groups excluding carboxylic acids is 1. The van der Waals surface area contributed by atoms with Crippen LogP contribution in [0.15, 0.2) is 70.6 Å². The van der Waals surface area contributed by atoms with E-state index in [1.807, 2.05) is 0 Å². The van der Waals surface area contributed by atoms with E-state index in [-0.39, 0.29) is 35.8 Å². The second-order valence-electron chi connectivity index (χ2n) is 7.26. The molecule has 33 heavy (non-hydrogen) atoms. The van der Waals surface area contributed by atoms with Crippen LogP contribution in [0.3, 0.4) is 0 Å². The number of amides is 1. The molecular formula is C23H16N4O6. The standard InChI is InChI=1S/C23H16N4O6/c28-22(25-24-11-14-9-20-21(33-13-32-20)10-19(14)27(30)31)12-26-17-7-3-1-5-15(17)23(29)16-6-2-4-8-18(16)26/h1-11H,12-13H2,(H,25,28)/b24-11+. The van der Waals surface area contributed by atoms with Crippen LogP contribution in [0.2, 0.25) is 0 Å². The van der Waals surface area contributed by atoms with Gasteiger partial charge in [0.2, 0.25) is 6.79 Å². The minimum atomic E-state index is -0.566. The molecule has 1 aliphatic rings. The van der Waals surface area contributed by atoms with Gasteiger partial charge in [0.1, 0.15) is 6.54 Å². The number of nitro benzene ring substituents is 1. The summed E-state index contributed by atoms with van der Waals surface area (Å²) in [6.07, 6.45) is 1.18. The molecule has 1 N–H and O–H groups in total. The number of fused-ring (bicyclic) bond motifs is 3. The monoisotopic (exact) mass is 444 g/mol. The highest BCUT2D eigenvalue weighted by Gasteiger charge is 2.22. The first-order chi connectivity index (χ1) is 16.0. The van der Waals surface area contributed by atoms with Crippen molar-refractivity contribution < 1.29 is 19.2 Å². The van der Waals surface area contributed by atoms with Crippen molar-refractivity contribution in [1.82, 2.24) is 9.99 Å². The molecule has 0 bridgehead atoms. The summed E-state index contributed by atoms with van der Waals surface area (Å²) in [6, 6.07) is 16.8. The summed E-state index contributed by atoms with van der Waals surface area (Å²) in [6.45, 7) is -0.132. The number of pyridine rings is 1. The van der Waals surface area contributed by atoms with Crippen LogP contribution in [0.25, 0.3) is 21.8 Å². The number of nitrogens with one attached hydrogen (secondary N) is 1. The van der Waals surface area contributed by atoms with E-state index in [2.05, 4.69) is 10.5 Å². The summed E-state index contributed by atoms with van der Waals surface area (Å²) in [5, 5.41) is 16.3. The number of benzene rings is 3. The second kappa shape index (κ2) is 8.08. The summed E-state index contributed by atoms with van der Waals surface area (Å²) in [5.41, 5.74) is 3.45. The number of aromatic nitrogens is 1. The third-order valence-electron chi connectivity index (χ3n) is 5.29. The Hall–Kier alpha value is -4.73. The lowest BCUT2D eigenvalue weighted by Crippen LogP contribution is -2.25. The lowest BCUT2D eigenvalue weighted by Gasteiger charge is -2.14. The molecule has 0 spiro atoms. The van der Waals surface area contributed by atoms with Crippen molar-refractivity contribution in [2.24, 2.45) is 5.10 Å². The van der Waals surface area contributed by atoms with Gasteiger partial charge in [-0.05, 0) is 30.3 Å². The molecule has 0 fully saturated rings. The van der Waals surface area contributed by atoms with E-state index in [0.29, 0.717) is 27.6 Å². The Morgan fingerprint density at radius 3 is 2.30 bits per heavy atom. The van der Waals surface area contributed by atoms with Crippen LogP contribution in [-0.2, 0) is 11.3 Å². The van der Waals surface area contributed by atoms with Crippen LogP contribution in [0.5, 0.6) is 11.5 Å². The number of rotatable bonds is 5. The fourth-order valence-electron chi connectivity index (χ4n) is 3.81. The van der Waals surface area contributed by atoms with Crippen LogP contribution >= 0.6 is 0 Å². The van der Waals surface area contributed by atoms with Gasteiger partial charge < -0.3 is 14.0 Å². The van der Waals surface area contributed by atoms with E-state index in [1.54, 1.807) is 53.1 Å². The van der Waals surface area contributed by atoms with Crippen molar-refractivity contribution in [3.63, 3.8) is 0 Å². The number of para-hydroxylation sites is 2. The molecule has 10 heteroatoms. The van der Waals surface area contributed by atoms with Crippen LogP contribution in [0.4, 0.5) is 5.69 Å². The van der Waals surface area contributed by atoms with Crippen molar-refractivity contribution in [3.05, 3.63) is 86.6 Å². The molecular weight excluding hydrogens is 428 g/mol. The van der Waals surface area contributed by atoms with E-state index < -0.39 is 10.8 Å². The minimum absolute atomic E-state index is 0.0227. The highest BCUT2D eigenvalue weighted by atomic mass is 16.7. The summed E-state index contributed by atoms with van der Waals surface area (Å²) in [7, 11) is 0. The van der Waals surface area contributed by atoms with E-state index in [1.165, 1.54) is 18.3 Å². The molecule has 0 radical (unpaired) electrons. The second-order valence-corrected chi connectivity index (χ2v) is 7.26. The topological polar surface area (TPSA) is 125 Å². The Kier molecular flexibility index (Phi) is 4.94. The number of ether oxygens (including phenoxy) is 2. The molecule has 10 nitrogen and oxygen atoms in total. The van der Waals surface area contributed by atoms with E-state index in [4.69, 9.17) is 9.47 Å². The molecule has 164 valence electrons. The highest BCUT2D eigenvalue weighted by Crippen LogP contribution is 2.37. The number of nitrogens with zero attached hydrogens (tertiary/aromatic N) is 3. The zero-order valence-corrected chi connectivity index (χ0v) is 17.1. The molecule has 0 unspecified atom stereocenters. The van der Waals surface area contributed by atoms with Crippen molar-refractivity contribution in [2.75, 3.05) is 6.79 Å². The lowest BCUT2D eigenvalue weighted by atomic mass is 10.1. The third-order valence-corrected chi connectivity index (χ3v) is 5.29. The van der Waals surface area contributed by atoms with Gasteiger partial charge in [0.05, 0.1) is 33.8 Å². The Balaban J connectivity index is 1.44. The number of carbonyl (C=O) groups is 1. The third kappa shape index (κ3) is 3.63. The molecule has 0 saturated carbocycles. The van der Waals surface area contributed by atoms with E-state index >= 15 is 0 Å². The Morgan fingerprint density at radius 1 is 1.06 bits per heavy atom. The lowest BCUT2D eigenvalue weighted by molar-refractivity contribution is -0.385. The largest absolute Gasteiger partial charge is 0.454 e. The average molecular weight is 444 g/mol. The summed E-state index contributed by atoms with van der Waals surface area (Å²) >= 11 is 0. The van der Waals surface area contributed by atoms with E-state index in [0.717, 1.165) is 0 Å². The van der Waals surface area contributed by atoms with Gasteiger partial charge in [-0.1, -0.05) is 24.3 Å². The van der Waals surface area contributed by atoms with Gasteiger partial charge >= 0.3 is 0 Å². The molecule has 5 rings (SSSR count). The van der Waals surface area contributed by atoms with Gasteiger partial charge in [-0.15, -0.1) is 0 Å². The molecule has 0 atom stereocenters. The molecule has 1 aromatic heterocycles. The van der Waals surface area contributed by atoms with Crippen molar-refractivity contribution in [3.8, 4) is 11.5 Å². The van der Waals surface area contributed by atoms with Crippen molar-refractivity contribution in [2.45, 2.75) is 6.54 Å². The minimum Gasteiger partial charge on any atom is -0.454 e. The Bertz CT molecular complexity index is 1470. The number of hydrazone groups is 1. The maximum absolute atomic E-state index is 12.8. The van der Waals surface area contributed by atoms with Crippen molar-refractivity contribution >= 4 is 39.6 Å². The molecule has 0 saturated heterocycles. The summed E-state index contributed by atoms with van der Waals surface area (Å²) in [5.74, 6) is 0.174. The van der Waals surface area contributed by atoms with Crippen LogP contribution in [0, 0.1) is 10.1 Å². The zero-order valence-electron chi connectivity index (χ0n) is 17.1. The molecule has 3 aromatic carbocycles. The molecule has 1 amide bonds. The van der Waals surface area contributed by atoms with Crippen LogP contribution in [-0.4, -0.2) is 28.4 Å². The molecule has 2 heterocycles. The first kappa shape index (κ1) is 20.2. The van der Waals surface area contributed by atoms with Gasteiger partial charge in [-0.2, -0.15) is 5.10 Å². The molecule has 4 aromatic rings.